The van der Waals surface area contributed by atoms with E-state index in [1.807, 2.05) is 20.8 Å². The molecular formula is C8H16BF4O2-. The maximum atomic E-state index is 10.7. The second kappa shape index (κ2) is 6.69. The van der Waals surface area contributed by atoms with Gasteiger partial charge < -0.3 is 22.4 Å². The minimum absolute atomic E-state index is 0.458. The predicted octanol–water partition coefficient (Wildman–Crippen LogP) is 3.59. The molecule has 0 aliphatic rings. The van der Waals surface area contributed by atoms with Crippen molar-refractivity contribution in [3.63, 3.8) is 0 Å². The zero-order chi connectivity index (χ0) is 12.7. The van der Waals surface area contributed by atoms with Crippen LogP contribution in [0.1, 0.15) is 40.0 Å². The van der Waals surface area contributed by atoms with Crippen LogP contribution in [-0.4, -0.2) is 18.3 Å². The van der Waals surface area contributed by atoms with Crippen LogP contribution in [0, 0.1) is 5.41 Å². The van der Waals surface area contributed by atoms with Crippen LogP contribution in [0.2, 0.25) is 0 Å². The third-order valence-electron chi connectivity index (χ3n) is 2.48. The summed E-state index contributed by atoms with van der Waals surface area (Å²) in [7, 11) is -6.00. The Balaban J connectivity index is 0. The van der Waals surface area contributed by atoms with E-state index in [4.69, 9.17) is 5.11 Å². The van der Waals surface area contributed by atoms with Crippen LogP contribution in [0.3, 0.4) is 0 Å². The van der Waals surface area contributed by atoms with Crippen molar-refractivity contribution >= 4 is 13.2 Å². The van der Waals surface area contributed by atoms with Gasteiger partial charge in [0.2, 0.25) is 0 Å². The van der Waals surface area contributed by atoms with Crippen molar-refractivity contribution in [1.82, 2.24) is 0 Å². The van der Waals surface area contributed by atoms with Crippen LogP contribution < -0.4 is 0 Å². The average Bonchev–Trinajstić information content (AvgIpc) is 2.05. The fraction of sp³-hybridized carbons (Fsp3) is 0.875. The van der Waals surface area contributed by atoms with Crippen LogP contribution in [-0.2, 0) is 4.79 Å². The fourth-order valence-electron chi connectivity index (χ4n) is 1.20. The predicted molar refractivity (Wildman–Crippen MR) is 51.1 cm³/mol. The number of hydrogen-bond donors (Lipinski definition) is 1. The van der Waals surface area contributed by atoms with Gasteiger partial charge in [-0.05, 0) is 19.3 Å². The largest absolute Gasteiger partial charge is 0.673 e. The van der Waals surface area contributed by atoms with Gasteiger partial charge >= 0.3 is 13.2 Å². The highest BCUT2D eigenvalue weighted by Gasteiger charge is 2.32. The quantitative estimate of drug-likeness (QED) is 0.592. The molecule has 2 nitrogen and oxygen atoms in total. The Morgan fingerprint density at radius 3 is 1.27 bits per heavy atom. The summed E-state index contributed by atoms with van der Waals surface area (Å²) in [5.74, 6) is -0.653. The maximum absolute atomic E-state index is 10.7. The standard InChI is InChI=1S/C8H16O2.BF4/c1-4-8(5-2,6-3)7(9)10;2-1(3,4)5/h4-6H2,1-3H3,(H,9,10);/q;-1. The molecule has 0 rings (SSSR count). The van der Waals surface area contributed by atoms with Gasteiger partial charge in [-0.25, -0.2) is 0 Å². The van der Waals surface area contributed by atoms with Crippen LogP contribution in [0.15, 0.2) is 0 Å². The Hall–Kier alpha value is -0.745. The first-order valence-electron chi connectivity index (χ1n) is 4.73. The van der Waals surface area contributed by atoms with Gasteiger partial charge in [0, 0.05) is 0 Å². The molecule has 0 radical (unpaired) electrons. The summed E-state index contributed by atoms with van der Waals surface area (Å²) in [4.78, 5) is 10.7. The van der Waals surface area contributed by atoms with E-state index in [9.17, 15) is 22.1 Å². The second-order valence-corrected chi connectivity index (χ2v) is 3.14. The first kappa shape index (κ1) is 16.7. The van der Waals surface area contributed by atoms with E-state index < -0.39 is 18.6 Å². The molecule has 0 aliphatic carbocycles. The highest BCUT2D eigenvalue weighted by Crippen LogP contribution is 2.30. The molecule has 0 saturated heterocycles. The Bertz CT molecular complexity index is 175. The Labute approximate surface area is 86.8 Å². The number of carboxylic acids is 1. The van der Waals surface area contributed by atoms with E-state index in [2.05, 4.69) is 0 Å². The molecule has 0 aromatic rings. The summed E-state index contributed by atoms with van der Waals surface area (Å²) in [5.41, 5.74) is -0.458. The molecule has 15 heavy (non-hydrogen) atoms. The molecule has 0 atom stereocenters. The zero-order valence-electron chi connectivity index (χ0n) is 9.07. The van der Waals surface area contributed by atoms with Gasteiger partial charge in [-0.15, -0.1) is 0 Å². The molecule has 0 aromatic carbocycles. The van der Waals surface area contributed by atoms with E-state index in [-0.39, 0.29) is 0 Å². The van der Waals surface area contributed by atoms with Crippen molar-refractivity contribution in [2.45, 2.75) is 40.0 Å². The second-order valence-electron chi connectivity index (χ2n) is 3.14. The molecule has 1 N–H and O–H groups in total. The van der Waals surface area contributed by atoms with Gasteiger partial charge in [0.05, 0.1) is 5.41 Å². The molecular weight excluding hydrogens is 215 g/mol. The lowest BCUT2D eigenvalue weighted by atomic mass is 9.80. The molecule has 0 bridgehead atoms. The van der Waals surface area contributed by atoms with E-state index in [1.54, 1.807) is 0 Å². The van der Waals surface area contributed by atoms with Crippen LogP contribution in [0.25, 0.3) is 0 Å². The van der Waals surface area contributed by atoms with Gasteiger partial charge in [0.15, 0.2) is 0 Å². The normalized spacial score (nSPS) is 11.7. The third-order valence-corrected chi connectivity index (χ3v) is 2.48. The molecule has 0 aliphatic heterocycles. The van der Waals surface area contributed by atoms with Gasteiger partial charge in [-0.3, -0.25) is 4.79 Å². The van der Waals surface area contributed by atoms with Crippen molar-refractivity contribution in [1.29, 1.82) is 0 Å². The molecule has 0 heterocycles. The summed E-state index contributed by atoms with van der Waals surface area (Å²) in [6.45, 7) is 5.80. The summed E-state index contributed by atoms with van der Waals surface area (Å²) >= 11 is 0. The summed E-state index contributed by atoms with van der Waals surface area (Å²) in [6.07, 6.45) is 2.19. The molecule has 0 amide bonds. The van der Waals surface area contributed by atoms with E-state index in [1.165, 1.54) is 0 Å². The van der Waals surface area contributed by atoms with Gasteiger partial charge in [-0.1, -0.05) is 20.8 Å². The van der Waals surface area contributed by atoms with Crippen LogP contribution in [0.5, 0.6) is 0 Å². The van der Waals surface area contributed by atoms with Crippen molar-refractivity contribution in [2.75, 3.05) is 0 Å². The minimum Gasteiger partial charge on any atom is -0.481 e. The van der Waals surface area contributed by atoms with Crippen molar-refractivity contribution in [3.05, 3.63) is 0 Å². The van der Waals surface area contributed by atoms with Crippen molar-refractivity contribution in [2.24, 2.45) is 5.41 Å². The highest BCUT2D eigenvalue weighted by molar-refractivity contribution is 6.50. The smallest absolute Gasteiger partial charge is 0.481 e. The summed E-state index contributed by atoms with van der Waals surface area (Å²) in [6, 6.07) is 0. The third kappa shape index (κ3) is 8.26. The lowest BCUT2D eigenvalue weighted by Gasteiger charge is -2.24. The lowest BCUT2D eigenvalue weighted by molar-refractivity contribution is -0.149. The SMILES string of the molecule is CCC(CC)(CC)C(=O)O.F[B-](F)(F)F. The molecule has 0 saturated carbocycles. The first-order chi connectivity index (χ1) is 6.63. The summed E-state index contributed by atoms with van der Waals surface area (Å²) in [5, 5.41) is 8.82. The minimum atomic E-state index is -6.00. The Kier molecular flexibility index (Phi) is 7.43. The van der Waals surface area contributed by atoms with E-state index in [0.717, 1.165) is 19.3 Å². The lowest BCUT2D eigenvalue weighted by Crippen LogP contribution is -2.28. The molecule has 0 aromatic heterocycles. The zero-order valence-corrected chi connectivity index (χ0v) is 9.07. The van der Waals surface area contributed by atoms with E-state index in [0.29, 0.717) is 0 Å². The van der Waals surface area contributed by atoms with Gasteiger partial charge in [0.1, 0.15) is 0 Å². The van der Waals surface area contributed by atoms with Gasteiger partial charge in [-0.2, -0.15) is 0 Å². The molecule has 92 valence electrons. The van der Waals surface area contributed by atoms with Crippen molar-refractivity contribution in [3.8, 4) is 0 Å². The number of halogens is 4. The number of rotatable bonds is 4. The Morgan fingerprint density at radius 1 is 1.07 bits per heavy atom. The maximum Gasteiger partial charge on any atom is 0.673 e. The molecule has 0 fully saturated rings. The number of aliphatic carboxylic acids is 1. The average molecular weight is 231 g/mol. The molecule has 0 spiro atoms. The number of carboxylic acid groups (broad SMARTS) is 1. The topological polar surface area (TPSA) is 37.3 Å². The number of carbonyl (C=O) groups is 1. The first-order valence-corrected chi connectivity index (χ1v) is 4.73. The monoisotopic (exact) mass is 231 g/mol. The van der Waals surface area contributed by atoms with E-state index >= 15 is 0 Å². The molecule has 7 heteroatoms. The Morgan fingerprint density at radius 2 is 1.27 bits per heavy atom. The molecule has 0 unspecified atom stereocenters. The summed E-state index contributed by atoms with van der Waals surface area (Å²) < 4.78 is 39.0. The fourth-order valence-corrected chi connectivity index (χ4v) is 1.20. The van der Waals surface area contributed by atoms with Crippen molar-refractivity contribution < 1.29 is 27.2 Å². The van der Waals surface area contributed by atoms with Crippen LogP contribution >= 0.6 is 0 Å². The van der Waals surface area contributed by atoms with Crippen LogP contribution in [0.4, 0.5) is 17.3 Å². The highest BCUT2D eigenvalue weighted by atomic mass is 19.5. The van der Waals surface area contributed by atoms with Gasteiger partial charge in [0.25, 0.3) is 0 Å². The number of hydrogen-bond acceptors (Lipinski definition) is 1.